The van der Waals surface area contributed by atoms with Crippen LogP contribution in [0.15, 0.2) is 12.7 Å². The van der Waals surface area contributed by atoms with Gasteiger partial charge in [-0.25, -0.2) is 0 Å². The number of piperidine rings is 1. The summed E-state index contributed by atoms with van der Waals surface area (Å²) in [6, 6.07) is 0. The Balaban J connectivity index is 2.43. The van der Waals surface area contributed by atoms with Crippen LogP contribution in [0, 0.1) is 11.8 Å². The van der Waals surface area contributed by atoms with Crippen molar-refractivity contribution in [3.8, 4) is 0 Å². The Morgan fingerprint density at radius 2 is 2.45 bits per heavy atom. The van der Waals surface area contributed by atoms with Gasteiger partial charge in [0.15, 0.2) is 0 Å². The molecule has 0 aliphatic carbocycles. The quantitative estimate of drug-likeness (QED) is 0.484. The van der Waals surface area contributed by atoms with Crippen LogP contribution >= 0.6 is 0 Å². The maximum absolute atomic E-state index is 10.3. The molecule has 1 heterocycles. The van der Waals surface area contributed by atoms with Gasteiger partial charge in [-0.15, -0.1) is 6.58 Å². The van der Waals surface area contributed by atoms with E-state index in [4.69, 9.17) is 0 Å². The zero-order chi connectivity index (χ0) is 8.10. The Labute approximate surface area is 67.7 Å². The van der Waals surface area contributed by atoms with E-state index in [9.17, 15) is 4.79 Å². The lowest BCUT2D eigenvalue weighted by Crippen LogP contribution is -2.35. The van der Waals surface area contributed by atoms with Gasteiger partial charge in [-0.1, -0.05) is 6.08 Å². The van der Waals surface area contributed by atoms with E-state index in [0.29, 0.717) is 18.3 Å². The van der Waals surface area contributed by atoms with Crippen LogP contribution in [0.4, 0.5) is 0 Å². The molecule has 11 heavy (non-hydrogen) atoms. The van der Waals surface area contributed by atoms with Crippen LogP contribution in [0.3, 0.4) is 0 Å². The largest absolute Gasteiger partial charge is 0.316 e. The fourth-order valence-electron chi connectivity index (χ4n) is 1.63. The molecular formula is C9H15NO. The number of hydrogen-bond acceptors (Lipinski definition) is 2. The molecule has 0 spiro atoms. The van der Waals surface area contributed by atoms with Crippen molar-refractivity contribution in [3.63, 3.8) is 0 Å². The van der Waals surface area contributed by atoms with Crippen molar-refractivity contribution in [2.24, 2.45) is 11.8 Å². The summed E-state index contributed by atoms with van der Waals surface area (Å²) in [4.78, 5) is 10.3. The Bertz CT molecular complexity index is 144. The van der Waals surface area contributed by atoms with E-state index in [-0.39, 0.29) is 0 Å². The van der Waals surface area contributed by atoms with E-state index in [0.717, 1.165) is 25.8 Å². The van der Waals surface area contributed by atoms with Gasteiger partial charge in [0.2, 0.25) is 0 Å². The summed E-state index contributed by atoms with van der Waals surface area (Å²) >= 11 is 0. The molecular weight excluding hydrogens is 138 g/mol. The van der Waals surface area contributed by atoms with E-state index in [2.05, 4.69) is 11.9 Å². The maximum Gasteiger partial charge on any atom is 0.120 e. The maximum atomic E-state index is 10.3. The van der Waals surface area contributed by atoms with Gasteiger partial charge < -0.3 is 10.1 Å². The first-order valence-corrected chi connectivity index (χ1v) is 4.15. The summed E-state index contributed by atoms with van der Waals surface area (Å²) in [7, 11) is 0. The smallest absolute Gasteiger partial charge is 0.120 e. The van der Waals surface area contributed by atoms with Crippen molar-refractivity contribution in [1.82, 2.24) is 5.32 Å². The van der Waals surface area contributed by atoms with Crippen molar-refractivity contribution >= 4 is 6.29 Å². The van der Waals surface area contributed by atoms with E-state index in [1.165, 1.54) is 0 Å². The lowest BCUT2D eigenvalue weighted by molar-refractivity contribution is -0.109. The fourth-order valence-corrected chi connectivity index (χ4v) is 1.63. The highest BCUT2D eigenvalue weighted by molar-refractivity contribution is 5.49. The van der Waals surface area contributed by atoms with Gasteiger partial charge in [-0.2, -0.15) is 0 Å². The normalized spacial score (nSPS) is 31.3. The monoisotopic (exact) mass is 153 g/mol. The molecule has 0 bridgehead atoms. The van der Waals surface area contributed by atoms with Crippen LogP contribution < -0.4 is 5.32 Å². The van der Waals surface area contributed by atoms with Gasteiger partial charge in [-0.05, 0) is 24.8 Å². The summed E-state index contributed by atoms with van der Waals surface area (Å²) in [6.45, 7) is 5.79. The second kappa shape index (κ2) is 4.29. The van der Waals surface area contributed by atoms with Crippen LogP contribution in [-0.4, -0.2) is 19.4 Å². The Morgan fingerprint density at radius 1 is 1.64 bits per heavy atom. The minimum absolute atomic E-state index is 0.494. The molecule has 0 unspecified atom stereocenters. The summed E-state index contributed by atoms with van der Waals surface area (Å²) in [5.74, 6) is 1.03. The van der Waals surface area contributed by atoms with Crippen LogP contribution in [0.1, 0.15) is 12.8 Å². The number of aldehydes is 1. The van der Waals surface area contributed by atoms with Crippen molar-refractivity contribution in [1.29, 1.82) is 0 Å². The van der Waals surface area contributed by atoms with Gasteiger partial charge in [0.05, 0.1) is 0 Å². The molecule has 0 aromatic rings. The molecule has 62 valence electrons. The summed E-state index contributed by atoms with van der Waals surface area (Å²) in [5, 5.41) is 3.29. The van der Waals surface area contributed by atoms with E-state index < -0.39 is 0 Å². The zero-order valence-corrected chi connectivity index (χ0v) is 6.75. The molecule has 2 nitrogen and oxygen atoms in total. The highest BCUT2D eigenvalue weighted by Gasteiger charge is 2.21. The predicted molar refractivity (Wildman–Crippen MR) is 45.3 cm³/mol. The highest BCUT2D eigenvalue weighted by Crippen LogP contribution is 2.21. The first-order chi connectivity index (χ1) is 5.38. The minimum Gasteiger partial charge on any atom is -0.316 e. The molecule has 1 aliphatic heterocycles. The fraction of sp³-hybridized carbons (Fsp3) is 0.667. The van der Waals surface area contributed by atoms with Crippen LogP contribution in [-0.2, 0) is 4.79 Å². The summed E-state index contributed by atoms with van der Waals surface area (Å²) in [5.41, 5.74) is 0. The van der Waals surface area contributed by atoms with Crippen molar-refractivity contribution in [2.75, 3.05) is 13.1 Å². The molecule has 1 rings (SSSR count). The first-order valence-electron chi connectivity index (χ1n) is 4.15. The Hall–Kier alpha value is -0.630. The Kier molecular flexibility index (Phi) is 3.30. The molecule has 0 saturated carbocycles. The number of nitrogens with one attached hydrogen (secondary N) is 1. The standard InChI is InChI=1S/C9H15NO/c1-2-8-7-10-5-3-9(8)4-6-11/h2,6,8-10H,1,3-5,7H2/t8-,9+/m0/s1. The van der Waals surface area contributed by atoms with Gasteiger partial charge in [0, 0.05) is 13.0 Å². The second-order valence-electron chi connectivity index (χ2n) is 3.05. The molecule has 0 radical (unpaired) electrons. The van der Waals surface area contributed by atoms with Crippen molar-refractivity contribution in [3.05, 3.63) is 12.7 Å². The molecule has 1 saturated heterocycles. The van der Waals surface area contributed by atoms with Crippen molar-refractivity contribution < 1.29 is 4.79 Å². The third-order valence-electron chi connectivity index (χ3n) is 2.38. The number of carbonyl (C=O) groups excluding carboxylic acids is 1. The van der Waals surface area contributed by atoms with Gasteiger partial charge in [-0.3, -0.25) is 0 Å². The predicted octanol–water partition coefficient (Wildman–Crippen LogP) is 0.987. The lowest BCUT2D eigenvalue weighted by atomic mass is 9.85. The third kappa shape index (κ3) is 2.15. The SMILES string of the molecule is C=C[C@H]1CNCC[C@@H]1CC=O. The average molecular weight is 153 g/mol. The summed E-state index contributed by atoms with van der Waals surface area (Å²) < 4.78 is 0. The molecule has 0 aromatic carbocycles. The number of hydrogen-bond donors (Lipinski definition) is 1. The zero-order valence-electron chi connectivity index (χ0n) is 6.75. The van der Waals surface area contributed by atoms with Crippen LogP contribution in [0.2, 0.25) is 0 Å². The van der Waals surface area contributed by atoms with Gasteiger partial charge in [0.1, 0.15) is 6.29 Å². The minimum atomic E-state index is 0.494. The first kappa shape index (κ1) is 8.47. The molecule has 0 amide bonds. The van der Waals surface area contributed by atoms with E-state index in [1.54, 1.807) is 0 Å². The molecule has 1 fully saturated rings. The number of rotatable bonds is 3. The van der Waals surface area contributed by atoms with Crippen LogP contribution in [0.5, 0.6) is 0 Å². The number of carbonyl (C=O) groups is 1. The lowest BCUT2D eigenvalue weighted by Gasteiger charge is -2.28. The van der Waals surface area contributed by atoms with E-state index >= 15 is 0 Å². The molecule has 1 N–H and O–H groups in total. The topological polar surface area (TPSA) is 29.1 Å². The van der Waals surface area contributed by atoms with E-state index in [1.807, 2.05) is 6.08 Å². The highest BCUT2D eigenvalue weighted by atomic mass is 16.1. The molecule has 1 aliphatic rings. The molecule has 0 aromatic heterocycles. The van der Waals surface area contributed by atoms with Crippen molar-refractivity contribution in [2.45, 2.75) is 12.8 Å². The Morgan fingerprint density at radius 3 is 3.09 bits per heavy atom. The third-order valence-corrected chi connectivity index (χ3v) is 2.38. The molecule has 2 atom stereocenters. The molecule has 2 heteroatoms. The summed E-state index contributed by atoms with van der Waals surface area (Å²) in [6.07, 6.45) is 4.78. The van der Waals surface area contributed by atoms with Gasteiger partial charge in [0.25, 0.3) is 0 Å². The average Bonchev–Trinajstić information content (AvgIpc) is 2.06. The second-order valence-corrected chi connectivity index (χ2v) is 3.05. The van der Waals surface area contributed by atoms with Crippen LogP contribution in [0.25, 0.3) is 0 Å². The van der Waals surface area contributed by atoms with Gasteiger partial charge >= 0.3 is 0 Å².